The van der Waals surface area contributed by atoms with E-state index in [4.69, 9.17) is 5.73 Å². The summed E-state index contributed by atoms with van der Waals surface area (Å²) in [5.74, 6) is 1.59. The number of hydrogen-bond acceptors (Lipinski definition) is 3. The first kappa shape index (κ1) is 17.8. The molecular formula is C24H29N3. The highest BCUT2D eigenvalue weighted by Gasteiger charge is 2.40. The molecule has 2 atom stereocenters. The van der Waals surface area contributed by atoms with Gasteiger partial charge in [-0.3, -0.25) is 4.99 Å². The Hall–Kier alpha value is -2.55. The van der Waals surface area contributed by atoms with E-state index in [1.54, 1.807) is 6.20 Å². The van der Waals surface area contributed by atoms with Gasteiger partial charge in [-0.05, 0) is 59.9 Å². The Morgan fingerprint density at radius 2 is 1.96 bits per heavy atom. The molecule has 2 aromatic carbocycles. The van der Waals surface area contributed by atoms with Crippen LogP contribution in [-0.2, 0) is 13.0 Å². The lowest BCUT2D eigenvalue weighted by atomic mass is 9.84. The molecule has 1 heterocycles. The van der Waals surface area contributed by atoms with E-state index in [1.807, 2.05) is 24.4 Å². The SMILES string of the molecule is CC1Cc2cc(C(C=NCc3ccccc3)=CN)ccc2N(C)[C@H]1C1CC1. The molecule has 1 fully saturated rings. The van der Waals surface area contributed by atoms with E-state index in [0.29, 0.717) is 18.5 Å². The maximum absolute atomic E-state index is 5.92. The summed E-state index contributed by atoms with van der Waals surface area (Å²) in [7, 11) is 2.26. The van der Waals surface area contributed by atoms with Crippen molar-refractivity contribution in [3.05, 3.63) is 71.4 Å². The number of anilines is 1. The molecule has 2 aromatic rings. The predicted octanol–water partition coefficient (Wildman–Crippen LogP) is 4.66. The Labute approximate surface area is 162 Å². The second-order valence-corrected chi connectivity index (χ2v) is 8.04. The Morgan fingerprint density at radius 3 is 2.67 bits per heavy atom. The fraction of sp³-hybridized carbons (Fsp3) is 0.375. The van der Waals surface area contributed by atoms with Gasteiger partial charge in [-0.1, -0.05) is 43.3 Å². The lowest BCUT2D eigenvalue weighted by molar-refractivity contribution is 0.381. The van der Waals surface area contributed by atoms with Gasteiger partial charge in [0.15, 0.2) is 0 Å². The fourth-order valence-electron chi connectivity index (χ4n) is 4.55. The van der Waals surface area contributed by atoms with Crippen molar-refractivity contribution in [2.45, 2.75) is 38.8 Å². The van der Waals surface area contributed by atoms with E-state index in [0.717, 1.165) is 23.5 Å². The molecule has 0 spiro atoms. The molecule has 1 aliphatic heterocycles. The van der Waals surface area contributed by atoms with Crippen LogP contribution in [0.1, 0.15) is 36.5 Å². The number of benzene rings is 2. The lowest BCUT2D eigenvalue weighted by Crippen LogP contribution is -2.43. The molecule has 0 radical (unpaired) electrons. The number of nitrogens with zero attached hydrogens (tertiary/aromatic N) is 2. The largest absolute Gasteiger partial charge is 0.404 e. The number of aliphatic imine (C=N–C) groups is 1. The van der Waals surface area contributed by atoms with E-state index in [1.165, 1.54) is 29.7 Å². The zero-order valence-electron chi connectivity index (χ0n) is 16.3. The summed E-state index contributed by atoms with van der Waals surface area (Å²) in [6, 6.07) is 17.7. The minimum Gasteiger partial charge on any atom is -0.404 e. The van der Waals surface area contributed by atoms with Crippen molar-refractivity contribution in [3.63, 3.8) is 0 Å². The van der Waals surface area contributed by atoms with E-state index in [-0.39, 0.29) is 0 Å². The normalized spacial score (nSPS) is 22.9. The Bertz CT molecular complexity index is 849. The average molecular weight is 360 g/mol. The van der Waals surface area contributed by atoms with Crippen molar-refractivity contribution < 1.29 is 0 Å². The third-order valence-electron chi connectivity index (χ3n) is 6.00. The number of hydrogen-bond donors (Lipinski definition) is 1. The van der Waals surface area contributed by atoms with E-state index < -0.39 is 0 Å². The van der Waals surface area contributed by atoms with E-state index >= 15 is 0 Å². The van der Waals surface area contributed by atoms with Crippen LogP contribution in [-0.4, -0.2) is 19.3 Å². The first-order valence-electron chi connectivity index (χ1n) is 9.99. The Balaban J connectivity index is 1.53. The van der Waals surface area contributed by atoms with Crippen molar-refractivity contribution in [2.24, 2.45) is 22.6 Å². The van der Waals surface area contributed by atoms with Gasteiger partial charge in [-0.2, -0.15) is 0 Å². The zero-order valence-corrected chi connectivity index (χ0v) is 16.3. The molecule has 140 valence electrons. The number of fused-ring (bicyclic) bond motifs is 1. The summed E-state index contributed by atoms with van der Waals surface area (Å²) >= 11 is 0. The molecule has 2 aliphatic rings. The minimum atomic E-state index is 0.673. The van der Waals surface area contributed by atoms with E-state index in [2.05, 4.69) is 54.2 Å². The fourth-order valence-corrected chi connectivity index (χ4v) is 4.55. The molecule has 0 amide bonds. The molecule has 3 nitrogen and oxygen atoms in total. The van der Waals surface area contributed by atoms with Crippen LogP contribution in [0.2, 0.25) is 0 Å². The first-order chi connectivity index (χ1) is 13.2. The van der Waals surface area contributed by atoms with E-state index in [9.17, 15) is 0 Å². The lowest BCUT2D eigenvalue weighted by Gasteiger charge is -2.41. The van der Waals surface area contributed by atoms with Crippen molar-refractivity contribution in [2.75, 3.05) is 11.9 Å². The summed E-state index contributed by atoms with van der Waals surface area (Å²) in [6.45, 7) is 3.07. The van der Waals surface area contributed by atoms with Gasteiger partial charge in [0, 0.05) is 36.8 Å². The van der Waals surface area contributed by atoms with Crippen molar-refractivity contribution in [1.82, 2.24) is 0 Å². The monoisotopic (exact) mass is 359 g/mol. The summed E-state index contributed by atoms with van der Waals surface area (Å²) in [4.78, 5) is 7.11. The maximum atomic E-state index is 5.92. The minimum absolute atomic E-state index is 0.673. The molecule has 0 bridgehead atoms. The number of rotatable bonds is 5. The summed E-state index contributed by atoms with van der Waals surface area (Å²) in [5.41, 5.74) is 12.1. The molecule has 0 aromatic heterocycles. The molecule has 2 N–H and O–H groups in total. The summed E-state index contributed by atoms with van der Waals surface area (Å²) < 4.78 is 0. The third kappa shape index (κ3) is 3.78. The molecule has 1 unspecified atom stereocenters. The average Bonchev–Trinajstić information content (AvgIpc) is 3.51. The van der Waals surface area contributed by atoms with Crippen LogP contribution in [0.5, 0.6) is 0 Å². The van der Waals surface area contributed by atoms with Gasteiger partial charge in [0.05, 0.1) is 6.54 Å². The number of nitrogens with two attached hydrogens (primary N) is 1. The number of allylic oxidation sites excluding steroid dienone is 1. The molecule has 0 saturated heterocycles. The van der Waals surface area contributed by atoms with Gasteiger partial charge in [0.1, 0.15) is 0 Å². The summed E-state index contributed by atoms with van der Waals surface area (Å²) in [5, 5.41) is 0. The second-order valence-electron chi connectivity index (χ2n) is 8.04. The van der Waals surface area contributed by atoms with Crippen LogP contribution in [0.25, 0.3) is 5.57 Å². The van der Waals surface area contributed by atoms with Crippen molar-refractivity contribution in [3.8, 4) is 0 Å². The molecule has 1 saturated carbocycles. The molecular weight excluding hydrogens is 330 g/mol. The maximum Gasteiger partial charge on any atom is 0.0639 e. The summed E-state index contributed by atoms with van der Waals surface area (Å²) in [6.07, 6.45) is 7.50. The molecule has 3 heteroatoms. The van der Waals surface area contributed by atoms with Gasteiger partial charge in [-0.25, -0.2) is 0 Å². The highest BCUT2D eigenvalue weighted by atomic mass is 15.2. The predicted molar refractivity (Wildman–Crippen MR) is 115 cm³/mol. The standard InChI is InChI=1S/C24H29N3/c1-17-12-21-13-20(10-11-23(21)27(2)24(17)19-8-9-19)22(14-25)16-26-15-18-6-4-3-5-7-18/h3-7,10-11,13-14,16-17,19,24H,8-9,12,15,25H2,1-2H3/t17?,24-/m1/s1. The first-order valence-corrected chi connectivity index (χ1v) is 9.99. The topological polar surface area (TPSA) is 41.6 Å². The molecule has 27 heavy (non-hydrogen) atoms. The van der Waals surface area contributed by atoms with Crippen LogP contribution in [0, 0.1) is 11.8 Å². The highest BCUT2D eigenvalue weighted by molar-refractivity contribution is 6.09. The van der Waals surface area contributed by atoms with Crippen molar-refractivity contribution >= 4 is 17.5 Å². The zero-order chi connectivity index (χ0) is 18.8. The van der Waals surface area contributed by atoms with Crippen LogP contribution < -0.4 is 10.6 Å². The van der Waals surface area contributed by atoms with Gasteiger partial charge in [0.2, 0.25) is 0 Å². The van der Waals surface area contributed by atoms with Crippen LogP contribution in [0.15, 0.2) is 59.7 Å². The van der Waals surface area contributed by atoms with Gasteiger partial charge in [0.25, 0.3) is 0 Å². The van der Waals surface area contributed by atoms with Crippen LogP contribution in [0.3, 0.4) is 0 Å². The van der Waals surface area contributed by atoms with Crippen molar-refractivity contribution in [1.29, 1.82) is 0 Å². The highest BCUT2D eigenvalue weighted by Crippen LogP contribution is 2.44. The second kappa shape index (κ2) is 7.59. The van der Waals surface area contributed by atoms with Gasteiger partial charge in [-0.15, -0.1) is 0 Å². The van der Waals surface area contributed by atoms with Gasteiger partial charge < -0.3 is 10.6 Å². The Kier molecular flexibility index (Phi) is 5.02. The smallest absolute Gasteiger partial charge is 0.0639 e. The third-order valence-corrected chi connectivity index (χ3v) is 6.00. The van der Waals surface area contributed by atoms with Gasteiger partial charge >= 0.3 is 0 Å². The Morgan fingerprint density at radius 1 is 1.19 bits per heavy atom. The molecule has 1 aliphatic carbocycles. The van der Waals surface area contributed by atoms with Crippen LogP contribution in [0.4, 0.5) is 5.69 Å². The molecule has 4 rings (SSSR count). The van der Waals surface area contributed by atoms with Crippen LogP contribution >= 0.6 is 0 Å². The quantitative estimate of drug-likeness (QED) is 0.789.